The Labute approximate surface area is 113 Å². The van der Waals surface area contributed by atoms with Gasteiger partial charge in [0.25, 0.3) is 0 Å². The third-order valence-electron chi connectivity index (χ3n) is 4.48. The molecule has 0 spiro atoms. The van der Waals surface area contributed by atoms with E-state index in [1.807, 2.05) is 0 Å². The molecule has 0 saturated carbocycles. The first-order valence-electron chi connectivity index (χ1n) is 7.43. The summed E-state index contributed by atoms with van der Waals surface area (Å²) in [6, 6.07) is 0.410. The monoisotopic (exact) mass is 256 g/mol. The summed E-state index contributed by atoms with van der Waals surface area (Å²) >= 11 is 0. The van der Waals surface area contributed by atoms with Crippen molar-refractivity contribution < 1.29 is 5.11 Å². The summed E-state index contributed by atoms with van der Waals surface area (Å²) in [5.41, 5.74) is 0.367. The Morgan fingerprint density at radius 3 is 2.28 bits per heavy atom. The van der Waals surface area contributed by atoms with Crippen molar-refractivity contribution in [2.75, 3.05) is 26.2 Å². The lowest BCUT2D eigenvalue weighted by molar-refractivity contribution is 0.0651. The van der Waals surface area contributed by atoms with Crippen LogP contribution in [-0.2, 0) is 0 Å². The Bertz CT molecular complexity index is 247. The van der Waals surface area contributed by atoms with Crippen LogP contribution in [0.15, 0.2) is 0 Å². The molecule has 3 heteroatoms. The first-order chi connectivity index (χ1) is 8.32. The molecule has 2 N–H and O–H groups in total. The molecule has 0 radical (unpaired) electrons. The van der Waals surface area contributed by atoms with Gasteiger partial charge in [-0.3, -0.25) is 0 Å². The summed E-state index contributed by atoms with van der Waals surface area (Å²) < 4.78 is 0. The highest BCUT2D eigenvalue weighted by molar-refractivity contribution is 4.90. The molecule has 0 aromatic carbocycles. The van der Waals surface area contributed by atoms with E-state index in [1.165, 1.54) is 32.4 Å². The van der Waals surface area contributed by atoms with Crippen LogP contribution in [-0.4, -0.2) is 47.8 Å². The van der Waals surface area contributed by atoms with Crippen LogP contribution in [0.1, 0.15) is 53.9 Å². The number of aliphatic hydroxyl groups is 1. The van der Waals surface area contributed by atoms with Gasteiger partial charge in [-0.2, -0.15) is 0 Å². The van der Waals surface area contributed by atoms with Crippen molar-refractivity contribution in [3.8, 4) is 0 Å². The third-order valence-corrected chi connectivity index (χ3v) is 4.48. The molecule has 1 fully saturated rings. The number of piperidine rings is 1. The van der Waals surface area contributed by atoms with E-state index in [-0.39, 0.29) is 12.1 Å². The normalized spacial score (nSPS) is 24.2. The summed E-state index contributed by atoms with van der Waals surface area (Å²) in [5.74, 6) is 0. The minimum atomic E-state index is -0.172. The second-order valence-electron chi connectivity index (χ2n) is 6.96. The number of nitrogens with one attached hydrogen (secondary N) is 1. The van der Waals surface area contributed by atoms with Crippen molar-refractivity contribution in [1.29, 1.82) is 0 Å². The molecule has 1 aliphatic heterocycles. The molecule has 108 valence electrons. The van der Waals surface area contributed by atoms with E-state index in [9.17, 15) is 5.11 Å². The van der Waals surface area contributed by atoms with Gasteiger partial charge in [-0.15, -0.1) is 0 Å². The minimum Gasteiger partial charge on any atom is -0.394 e. The zero-order valence-electron chi connectivity index (χ0n) is 12.9. The fourth-order valence-electron chi connectivity index (χ4n) is 2.94. The van der Waals surface area contributed by atoms with Gasteiger partial charge < -0.3 is 15.3 Å². The van der Waals surface area contributed by atoms with Crippen molar-refractivity contribution in [3.05, 3.63) is 0 Å². The average molecular weight is 256 g/mol. The number of nitrogens with zero attached hydrogens (tertiary/aromatic N) is 1. The highest BCUT2D eigenvalue weighted by atomic mass is 16.3. The number of hydrogen-bond donors (Lipinski definition) is 2. The van der Waals surface area contributed by atoms with Crippen molar-refractivity contribution in [1.82, 2.24) is 10.2 Å². The van der Waals surface area contributed by atoms with Gasteiger partial charge in [-0.05, 0) is 38.3 Å². The first-order valence-corrected chi connectivity index (χ1v) is 7.43. The van der Waals surface area contributed by atoms with Gasteiger partial charge in [0.05, 0.1) is 12.1 Å². The van der Waals surface area contributed by atoms with Crippen LogP contribution < -0.4 is 5.32 Å². The van der Waals surface area contributed by atoms with E-state index in [4.69, 9.17) is 0 Å². The highest BCUT2D eigenvalue weighted by Gasteiger charge is 2.32. The van der Waals surface area contributed by atoms with Gasteiger partial charge in [0.15, 0.2) is 0 Å². The lowest BCUT2D eigenvalue weighted by Crippen LogP contribution is -2.57. The van der Waals surface area contributed by atoms with Crippen LogP contribution in [0.5, 0.6) is 0 Å². The first kappa shape index (κ1) is 15.9. The molecule has 0 bridgehead atoms. The van der Waals surface area contributed by atoms with Crippen LogP contribution in [0.4, 0.5) is 0 Å². The van der Waals surface area contributed by atoms with Crippen molar-refractivity contribution in [2.24, 2.45) is 5.41 Å². The molecule has 0 aromatic rings. The molecule has 1 rings (SSSR count). The van der Waals surface area contributed by atoms with E-state index in [2.05, 4.69) is 44.8 Å². The Hall–Kier alpha value is -0.120. The standard InChI is InChI=1S/C15H32N2O/c1-6-14(4)7-9-17(10-8-14)11-15(5,12-18)16-13(2)3/h13,16,18H,6-12H2,1-5H3. The smallest absolute Gasteiger partial charge is 0.0623 e. The number of hydrogen-bond acceptors (Lipinski definition) is 3. The van der Waals surface area contributed by atoms with E-state index >= 15 is 0 Å². The quantitative estimate of drug-likeness (QED) is 0.765. The lowest BCUT2D eigenvalue weighted by atomic mass is 9.78. The molecule has 0 aliphatic carbocycles. The van der Waals surface area contributed by atoms with Crippen LogP contribution in [0.2, 0.25) is 0 Å². The van der Waals surface area contributed by atoms with Gasteiger partial charge in [0.2, 0.25) is 0 Å². The molecular weight excluding hydrogens is 224 g/mol. The summed E-state index contributed by atoms with van der Waals surface area (Å²) in [6.45, 7) is 14.6. The highest BCUT2D eigenvalue weighted by Crippen LogP contribution is 2.34. The third kappa shape index (κ3) is 4.52. The van der Waals surface area contributed by atoms with E-state index < -0.39 is 0 Å². The zero-order chi connectivity index (χ0) is 13.8. The van der Waals surface area contributed by atoms with Crippen LogP contribution in [0.3, 0.4) is 0 Å². The molecule has 1 saturated heterocycles. The maximum atomic E-state index is 9.62. The van der Waals surface area contributed by atoms with E-state index in [1.54, 1.807) is 0 Å². The maximum Gasteiger partial charge on any atom is 0.0623 e. The molecule has 1 aliphatic rings. The predicted octanol–water partition coefficient (Wildman–Crippen LogP) is 2.25. The average Bonchev–Trinajstić information content (AvgIpc) is 2.31. The Balaban J connectivity index is 2.48. The second kappa shape index (κ2) is 6.36. The fraction of sp³-hybridized carbons (Fsp3) is 1.00. The van der Waals surface area contributed by atoms with Gasteiger partial charge in [-0.25, -0.2) is 0 Å². The van der Waals surface area contributed by atoms with Gasteiger partial charge >= 0.3 is 0 Å². The van der Waals surface area contributed by atoms with Crippen LogP contribution >= 0.6 is 0 Å². The molecule has 18 heavy (non-hydrogen) atoms. The number of likely N-dealkylation sites (tertiary alicyclic amines) is 1. The van der Waals surface area contributed by atoms with Crippen LogP contribution in [0.25, 0.3) is 0 Å². The summed E-state index contributed by atoms with van der Waals surface area (Å²) in [5, 5.41) is 13.1. The van der Waals surface area contributed by atoms with Gasteiger partial charge in [-0.1, -0.05) is 34.1 Å². The topological polar surface area (TPSA) is 35.5 Å². The minimum absolute atomic E-state index is 0.172. The zero-order valence-corrected chi connectivity index (χ0v) is 12.9. The molecule has 1 unspecified atom stereocenters. The van der Waals surface area contributed by atoms with Crippen molar-refractivity contribution in [3.63, 3.8) is 0 Å². The largest absolute Gasteiger partial charge is 0.394 e. The predicted molar refractivity (Wildman–Crippen MR) is 77.8 cm³/mol. The molecule has 3 nitrogen and oxygen atoms in total. The van der Waals surface area contributed by atoms with E-state index in [0.717, 1.165) is 6.54 Å². The van der Waals surface area contributed by atoms with Crippen molar-refractivity contribution >= 4 is 0 Å². The lowest BCUT2D eigenvalue weighted by Gasteiger charge is -2.43. The van der Waals surface area contributed by atoms with Gasteiger partial charge in [0.1, 0.15) is 0 Å². The second-order valence-corrected chi connectivity index (χ2v) is 6.96. The van der Waals surface area contributed by atoms with Crippen LogP contribution in [0, 0.1) is 5.41 Å². The maximum absolute atomic E-state index is 9.62. The molecule has 1 atom stereocenters. The Morgan fingerprint density at radius 2 is 1.89 bits per heavy atom. The van der Waals surface area contributed by atoms with E-state index in [0.29, 0.717) is 11.5 Å². The summed E-state index contributed by atoms with van der Waals surface area (Å²) in [7, 11) is 0. The fourth-order valence-corrected chi connectivity index (χ4v) is 2.94. The SMILES string of the molecule is CCC1(C)CCN(CC(C)(CO)NC(C)C)CC1. The summed E-state index contributed by atoms with van der Waals surface area (Å²) in [4.78, 5) is 2.50. The Morgan fingerprint density at radius 1 is 1.33 bits per heavy atom. The summed E-state index contributed by atoms with van der Waals surface area (Å²) in [6.07, 6.45) is 3.85. The number of aliphatic hydroxyl groups excluding tert-OH is 1. The Kier molecular flexibility index (Phi) is 5.63. The molecule has 1 heterocycles. The number of rotatable bonds is 6. The molecule has 0 amide bonds. The van der Waals surface area contributed by atoms with Crippen molar-refractivity contribution in [2.45, 2.75) is 65.5 Å². The molecular formula is C15H32N2O. The molecule has 0 aromatic heterocycles. The van der Waals surface area contributed by atoms with Gasteiger partial charge in [0, 0.05) is 12.6 Å².